The first-order valence-electron chi connectivity index (χ1n) is 6.57. The monoisotopic (exact) mass is 247 g/mol. The summed E-state index contributed by atoms with van der Waals surface area (Å²) in [4.78, 5) is 13.9. The molecule has 4 nitrogen and oxygen atoms in total. The molecule has 1 saturated carbocycles. The van der Waals surface area contributed by atoms with Crippen LogP contribution in [0.5, 0.6) is 0 Å². The first kappa shape index (κ1) is 12.9. The lowest BCUT2D eigenvalue weighted by Gasteiger charge is -2.24. The van der Waals surface area contributed by atoms with Crippen molar-refractivity contribution in [1.82, 2.24) is 5.32 Å². The number of benzene rings is 1. The van der Waals surface area contributed by atoms with E-state index in [9.17, 15) is 4.79 Å². The second-order valence-electron chi connectivity index (χ2n) is 4.68. The molecule has 0 bridgehead atoms. The third kappa shape index (κ3) is 3.23. The van der Waals surface area contributed by atoms with E-state index in [-0.39, 0.29) is 5.91 Å². The van der Waals surface area contributed by atoms with E-state index in [1.54, 1.807) is 0 Å². The number of carbonyl (C=O) groups is 1. The molecule has 0 heterocycles. The summed E-state index contributed by atoms with van der Waals surface area (Å²) in [5.74, 6) is 0.0901. The standard InChI is InChI=1S/C14H21N3O/c1-2-16-14(18)10-17(13-7-8-13)12-5-3-11(9-15)4-6-12/h3-6,13H,2,7-10,15H2,1H3,(H,16,18). The highest BCUT2D eigenvalue weighted by molar-refractivity contribution is 5.81. The molecule has 0 radical (unpaired) electrons. The van der Waals surface area contributed by atoms with Crippen molar-refractivity contribution in [2.45, 2.75) is 32.4 Å². The highest BCUT2D eigenvalue weighted by Gasteiger charge is 2.30. The highest BCUT2D eigenvalue weighted by atomic mass is 16.2. The van der Waals surface area contributed by atoms with Gasteiger partial charge >= 0.3 is 0 Å². The number of nitrogens with zero attached hydrogens (tertiary/aromatic N) is 1. The maximum absolute atomic E-state index is 11.7. The third-order valence-corrected chi connectivity index (χ3v) is 3.18. The van der Waals surface area contributed by atoms with Crippen LogP contribution in [0.3, 0.4) is 0 Å². The van der Waals surface area contributed by atoms with Crippen molar-refractivity contribution in [2.24, 2.45) is 5.73 Å². The van der Waals surface area contributed by atoms with Gasteiger partial charge in [-0.2, -0.15) is 0 Å². The minimum Gasteiger partial charge on any atom is -0.359 e. The molecule has 3 N–H and O–H groups in total. The molecule has 0 unspecified atom stereocenters. The van der Waals surface area contributed by atoms with Gasteiger partial charge in [0.25, 0.3) is 0 Å². The lowest BCUT2D eigenvalue weighted by Crippen LogP contribution is -2.38. The van der Waals surface area contributed by atoms with Gasteiger partial charge in [0, 0.05) is 24.8 Å². The number of hydrogen-bond donors (Lipinski definition) is 2. The van der Waals surface area contributed by atoms with Gasteiger partial charge in [0.05, 0.1) is 6.54 Å². The van der Waals surface area contributed by atoms with Crippen molar-refractivity contribution in [2.75, 3.05) is 18.0 Å². The Morgan fingerprint density at radius 3 is 2.56 bits per heavy atom. The summed E-state index contributed by atoms with van der Waals surface area (Å²) < 4.78 is 0. The second-order valence-corrected chi connectivity index (χ2v) is 4.68. The fourth-order valence-electron chi connectivity index (χ4n) is 2.05. The zero-order chi connectivity index (χ0) is 13.0. The van der Waals surface area contributed by atoms with E-state index < -0.39 is 0 Å². The molecule has 1 aromatic rings. The van der Waals surface area contributed by atoms with Crippen molar-refractivity contribution in [1.29, 1.82) is 0 Å². The van der Waals surface area contributed by atoms with Crippen LogP contribution in [0.15, 0.2) is 24.3 Å². The number of nitrogens with two attached hydrogens (primary N) is 1. The first-order valence-corrected chi connectivity index (χ1v) is 6.57. The molecule has 0 spiro atoms. The number of carbonyl (C=O) groups excluding carboxylic acids is 1. The van der Waals surface area contributed by atoms with Gasteiger partial charge < -0.3 is 16.0 Å². The van der Waals surface area contributed by atoms with Gasteiger partial charge in [0.2, 0.25) is 5.91 Å². The lowest BCUT2D eigenvalue weighted by molar-refractivity contribution is -0.119. The fraction of sp³-hybridized carbons (Fsp3) is 0.500. The Morgan fingerprint density at radius 1 is 1.39 bits per heavy atom. The van der Waals surface area contributed by atoms with Crippen LogP contribution in [0.25, 0.3) is 0 Å². The zero-order valence-corrected chi connectivity index (χ0v) is 10.9. The van der Waals surface area contributed by atoms with E-state index in [1.165, 1.54) is 12.8 Å². The van der Waals surface area contributed by atoms with Gasteiger partial charge in [-0.1, -0.05) is 12.1 Å². The summed E-state index contributed by atoms with van der Waals surface area (Å²) in [7, 11) is 0. The van der Waals surface area contributed by atoms with Crippen LogP contribution in [0.2, 0.25) is 0 Å². The SMILES string of the molecule is CCNC(=O)CN(c1ccc(CN)cc1)C1CC1. The minimum absolute atomic E-state index is 0.0901. The Morgan fingerprint density at radius 2 is 2.06 bits per heavy atom. The molecule has 2 rings (SSSR count). The van der Waals surface area contributed by atoms with E-state index in [2.05, 4.69) is 22.3 Å². The summed E-state index contributed by atoms with van der Waals surface area (Å²) in [5.41, 5.74) is 7.82. The van der Waals surface area contributed by atoms with Gasteiger partial charge in [-0.25, -0.2) is 0 Å². The van der Waals surface area contributed by atoms with Crippen molar-refractivity contribution in [3.63, 3.8) is 0 Å². The zero-order valence-electron chi connectivity index (χ0n) is 10.9. The summed E-state index contributed by atoms with van der Waals surface area (Å²) in [6.07, 6.45) is 2.36. The van der Waals surface area contributed by atoms with E-state index in [4.69, 9.17) is 5.73 Å². The predicted molar refractivity (Wildman–Crippen MR) is 73.4 cm³/mol. The third-order valence-electron chi connectivity index (χ3n) is 3.18. The van der Waals surface area contributed by atoms with E-state index in [0.29, 0.717) is 25.7 Å². The van der Waals surface area contributed by atoms with Crippen molar-refractivity contribution < 1.29 is 4.79 Å². The number of hydrogen-bond acceptors (Lipinski definition) is 3. The van der Waals surface area contributed by atoms with Crippen molar-refractivity contribution in [3.05, 3.63) is 29.8 Å². The Kier molecular flexibility index (Phi) is 4.20. The molecule has 1 aliphatic rings. The van der Waals surface area contributed by atoms with Gasteiger partial charge in [0.1, 0.15) is 0 Å². The van der Waals surface area contributed by atoms with Gasteiger partial charge in [0.15, 0.2) is 0 Å². The molecular weight excluding hydrogens is 226 g/mol. The minimum atomic E-state index is 0.0901. The molecule has 18 heavy (non-hydrogen) atoms. The quantitative estimate of drug-likeness (QED) is 0.795. The number of likely N-dealkylation sites (N-methyl/N-ethyl adjacent to an activating group) is 1. The maximum atomic E-state index is 11.7. The molecule has 98 valence electrons. The molecule has 1 fully saturated rings. The van der Waals surface area contributed by atoms with E-state index in [0.717, 1.165) is 11.3 Å². The van der Waals surface area contributed by atoms with Crippen LogP contribution in [-0.2, 0) is 11.3 Å². The Bertz CT molecular complexity index is 398. The molecule has 0 atom stereocenters. The number of amides is 1. The number of rotatable bonds is 6. The molecule has 4 heteroatoms. The number of anilines is 1. The summed E-state index contributed by atoms with van der Waals surface area (Å²) in [5, 5.41) is 2.85. The molecule has 1 amide bonds. The number of nitrogens with one attached hydrogen (secondary N) is 1. The van der Waals surface area contributed by atoms with Gasteiger partial charge in [-0.3, -0.25) is 4.79 Å². The van der Waals surface area contributed by atoms with Crippen LogP contribution in [-0.4, -0.2) is 25.0 Å². The molecule has 1 aromatic carbocycles. The molecule has 0 aliphatic heterocycles. The topological polar surface area (TPSA) is 58.4 Å². The maximum Gasteiger partial charge on any atom is 0.239 e. The van der Waals surface area contributed by atoms with Gasteiger partial charge in [-0.05, 0) is 37.5 Å². The van der Waals surface area contributed by atoms with E-state index >= 15 is 0 Å². The Balaban J connectivity index is 2.06. The smallest absolute Gasteiger partial charge is 0.239 e. The van der Waals surface area contributed by atoms with Crippen LogP contribution >= 0.6 is 0 Å². The Labute approximate surface area is 108 Å². The summed E-state index contributed by atoms with van der Waals surface area (Å²) >= 11 is 0. The van der Waals surface area contributed by atoms with Crippen LogP contribution in [0, 0.1) is 0 Å². The normalized spacial score (nSPS) is 14.3. The molecule has 0 saturated heterocycles. The van der Waals surface area contributed by atoms with Crippen LogP contribution < -0.4 is 16.0 Å². The van der Waals surface area contributed by atoms with Crippen molar-refractivity contribution in [3.8, 4) is 0 Å². The fourth-order valence-corrected chi connectivity index (χ4v) is 2.05. The highest BCUT2D eigenvalue weighted by Crippen LogP contribution is 2.31. The summed E-state index contributed by atoms with van der Waals surface area (Å²) in [6.45, 7) is 3.62. The van der Waals surface area contributed by atoms with Crippen LogP contribution in [0.4, 0.5) is 5.69 Å². The average molecular weight is 247 g/mol. The molecule has 1 aliphatic carbocycles. The lowest BCUT2D eigenvalue weighted by atomic mass is 10.2. The van der Waals surface area contributed by atoms with Gasteiger partial charge in [-0.15, -0.1) is 0 Å². The first-order chi connectivity index (χ1) is 8.74. The van der Waals surface area contributed by atoms with Crippen molar-refractivity contribution >= 4 is 11.6 Å². The van der Waals surface area contributed by atoms with E-state index in [1.807, 2.05) is 19.1 Å². The largest absolute Gasteiger partial charge is 0.359 e. The molecular formula is C14H21N3O. The molecule has 0 aromatic heterocycles. The second kappa shape index (κ2) is 5.87. The predicted octanol–water partition coefficient (Wildman–Crippen LogP) is 1.25. The Hall–Kier alpha value is -1.55. The van der Waals surface area contributed by atoms with Crippen LogP contribution in [0.1, 0.15) is 25.3 Å². The average Bonchev–Trinajstić information content (AvgIpc) is 3.21. The summed E-state index contributed by atoms with van der Waals surface area (Å²) in [6, 6.07) is 8.70.